The van der Waals surface area contributed by atoms with E-state index < -0.39 is 0 Å². The quantitative estimate of drug-likeness (QED) is 0.488. The first-order chi connectivity index (χ1) is 13.2. The lowest BCUT2D eigenvalue weighted by atomic mass is 10.1. The van der Waals surface area contributed by atoms with Gasteiger partial charge in [-0.15, -0.1) is 0 Å². The smallest absolute Gasteiger partial charge is 0.231 e. The number of aromatic nitrogens is 2. The molecule has 0 unspecified atom stereocenters. The van der Waals surface area contributed by atoms with Crippen LogP contribution in [0.1, 0.15) is 0 Å². The van der Waals surface area contributed by atoms with Crippen molar-refractivity contribution in [1.82, 2.24) is 9.97 Å². The molecular weight excluding hydrogens is 344 g/mol. The predicted molar refractivity (Wildman–Crippen MR) is 101 cm³/mol. The number of fused-ring (bicyclic) bond motifs is 2. The van der Waals surface area contributed by atoms with E-state index in [9.17, 15) is 5.11 Å². The van der Waals surface area contributed by atoms with E-state index in [4.69, 9.17) is 13.6 Å². The van der Waals surface area contributed by atoms with Gasteiger partial charge in [0.1, 0.15) is 11.0 Å². The summed E-state index contributed by atoms with van der Waals surface area (Å²) in [7, 11) is 1.48. The maximum atomic E-state index is 10.8. The molecule has 2 aromatic heterocycles. The molecule has 6 nitrogen and oxygen atoms in total. The lowest BCUT2D eigenvalue weighted by Crippen LogP contribution is -1.91. The third kappa shape index (κ3) is 2.42. The molecule has 0 bridgehead atoms. The van der Waals surface area contributed by atoms with Gasteiger partial charge in [-0.2, -0.15) is 0 Å². The monoisotopic (exact) mass is 358 g/mol. The molecule has 6 heteroatoms. The Morgan fingerprint density at radius 3 is 1.81 bits per heavy atom. The fraction of sp³-hybridized carbons (Fsp3) is 0.0476. The molecule has 0 spiro atoms. The summed E-state index contributed by atoms with van der Waals surface area (Å²) in [5, 5.41) is 10.8. The third-order valence-electron chi connectivity index (χ3n) is 4.38. The van der Waals surface area contributed by atoms with Gasteiger partial charge < -0.3 is 18.7 Å². The average molecular weight is 358 g/mol. The van der Waals surface area contributed by atoms with Gasteiger partial charge in [0.25, 0.3) is 0 Å². The number of phenols is 1. The Hall–Kier alpha value is -3.80. The van der Waals surface area contributed by atoms with E-state index >= 15 is 0 Å². The van der Waals surface area contributed by atoms with Crippen molar-refractivity contribution >= 4 is 22.2 Å². The van der Waals surface area contributed by atoms with Gasteiger partial charge in [-0.25, -0.2) is 9.97 Å². The second kappa shape index (κ2) is 5.88. The van der Waals surface area contributed by atoms with E-state index in [1.54, 1.807) is 12.1 Å². The molecule has 132 valence electrons. The maximum absolute atomic E-state index is 10.8. The molecule has 0 saturated heterocycles. The number of aromatic hydroxyl groups is 1. The summed E-state index contributed by atoms with van der Waals surface area (Å²) in [4.78, 5) is 8.91. The molecule has 0 amide bonds. The van der Waals surface area contributed by atoms with Crippen molar-refractivity contribution in [3.8, 4) is 34.4 Å². The highest BCUT2D eigenvalue weighted by molar-refractivity contribution is 5.83. The zero-order valence-electron chi connectivity index (χ0n) is 14.3. The number of methoxy groups -OCH3 is 1. The van der Waals surface area contributed by atoms with Crippen molar-refractivity contribution in [2.45, 2.75) is 0 Å². The second-order valence-electron chi connectivity index (χ2n) is 6.02. The zero-order chi connectivity index (χ0) is 18.4. The van der Waals surface area contributed by atoms with E-state index in [-0.39, 0.29) is 11.5 Å². The largest absolute Gasteiger partial charge is 0.504 e. The number of hydrogen-bond donors (Lipinski definition) is 1. The van der Waals surface area contributed by atoms with Crippen LogP contribution < -0.4 is 4.74 Å². The number of nitrogens with zero attached hydrogens (tertiary/aromatic N) is 2. The van der Waals surface area contributed by atoms with E-state index in [2.05, 4.69) is 9.97 Å². The number of ether oxygens (including phenoxy) is 1. The molecule has 0 aliphatic carbocycles. The predicted octanol–water partition coefficient (Wildman–Crippen LogP) is 5.02. The molecule has 0 radical (unpaired) electrons. The fourth-order valence-corrected chi connectivity index (χ4v) is 3.09. The van der Waals surface area contributed by atoms with Crippen LogP contribution in [0.25, 0.3) is 45.1 Å². The van der Waals surface area contributed by atoms with Crippen molar-refractivity contribution in [3.63, 3.8) is 0 Å². The van der Waals surface area contributed by atoms with Crippen LogP contribution in [0, 0.1) is 0 Å². The minimum atomic E-state index is -0.0798. The molecule has 0 aliphatic rings. The third-order valence-corrected chi connectivity index (χ3v) is 4.38. The van der Waals surface area contributed by atoms with Crippen molar-refractivity contribution in [2.24, 2.45) is 0 Å². The van der Waals surface area contributed by atoms with E-state index in [0.717, 1.165) is 5.52 Å². The molecule has 0 fully saturated rings. The minimum absolute atomic E-state index is 0.0798. The average Bonchev–Trinajstić information content (AvgIpc) is 3.31. The molecule has 27 heavy (non-hydrogen) atoms. The van der Waals surface area contributed by atoms with E-state index in [1.807, 2.05) is 48.5 Å². The number of rotatable bonds is 3. The summed E-state index contributed by atoms with van der Waals surface area (Å²) < 4.78 is 17.0. The van der Waals surface area contributed by atoms with Crippen molar-refractivity contribution in [3.05, 3.63) is 60.7 Å². The fourth-order valence-electron chi connectivity index (χ4n) is 3.09. The van der Waals surface area contributed by atoms with E-state index in [1.165, 1.54) is 7.11 Å². The van der Waals surface area contributed by atoms with Gasteiger partial charge in [0, 0.05) is 0 Å². The first-order valence-electron chi connectivity index (χ1n) is 8.36. The Kier molecular flexibility index (Phi) is 3.36. The molecule has 3 aromatic carbocycles. The summed E-state index contributed by atoms with van der Waals surface area (Å²) in [5.41, 5.74) is 3.74. The molecule has 2 heterocycles. The van der Waals surface area contributed by atoms with Crippen molar-refractivity contribution in [2.75, 3.05) is 7.11 Å². The van der Waals surface area contributed by atoms with Crippen LogP contribution in [0.2, 0.25) is 0 Å². The Morgan fingerprint density at radius 1 is 0.741 bits per heavy atom. The number of para-hydroxylation sites is 4. The lowest BCUT2D eigenvalue weighted by Gasteiger charge is -2.10. The Labute approximate surface area is 153 Å². The number of benzene rings is 3. The molecule has 0 saturated carbocycles. The molecular formula is C21H14N2O4. The first kappa shape index (κ1) is 15.5. The van der Waals surface area contributed by atoms with E-state index in [0.29, 0.717) is 39.6 Å². The van der Waals surface area contributed by atoms with Gasteiger partial charge in [-0.3, -0.25) is 0 Å². The molecule has 5 rings (SSSR count). The zero-order valence-corrected chi connectivity index (χ0v) is 14.3. The standard InChI is InChI=1S/C21H14N2O4/c1-25-19-13(21-23-15-7-3-5-9-17(15)27-21)11-10-12(18(19)24)20-22-14-6-2-4-8-16(14)26-20/h2-11,24H,1H3. The van der Waals surface area contributed by atoms with Crippen LogP contribution >= 0.6 is 0 Å². The molecule has 1 N–H and O–H groups in total. The summed E-state index contributed by atoms with van der Waals surface area (Å²) in [6.45, 7) is 0. The van der Waals surface area contributed by atoms with Gasteiger partial charge in [0.2, 0.25) is 11.8 Å². The highest BCUT2D eigenvalue weighted by Gasteiger charge is 2.22. The summed E-state index contributed by atoms with van der Waals surface area (Å²) in [6, 6.07) is 18.4. The summed E-state index contributed by atoms with van der Waals surface area (Å²) in [5.74, 6) is 0.855. The van der Waals surface area contributed by atoms with Gasteiger partial charge in [0.15, 0.2) is 22.7 Å². The maximum Gasteiger partial charge on any atom is 0.231 e. The van der Waals surface area contributed by atoms with Crippen LogP contribution in [0.3, 0.4) is 0 Å². The van der Waals surface area contributed by atoms with Gasteiger partial charge in [0.05, 0.1) is 18.2 Å². The lowest BCUT2D eigenvalue weighted by molar-refractivity contribution is 0.374. The summed E-state index contributed by atoms with van der Waals surface area (Å²) in [6.07, 6.45) is 0. The van der Waals surface area contributed by atoms with Crippen LogP contribution in [0.15, 0.2) is 69.5 Å². The van der Waals surface area contributed by atoms with Crippen molar-refractivity contribution in [1.29, 1.82) is 0 Å². The molecule has 0 atom stereocenters. The topological polar surface area (TPSA) is 81.5 Å². The van der Waals surface area contributed by atoms with Crippen LogP contribution in [0.4, 0.5) is 0 Å². The summed E-state index contributed by atoms with van der Waals surface area (Å²) >= 11 is 0. The Bertz CT molecular complexity index is 1220. The Morgan fingerprint density at radius 2 is 1.26 bits per heavy atom. The van der Waals surface area contributed by atoms with Gasteiger partial charge in [-0.05, 0) is 36.4 Å². The van der Waals surface area contributed by atoms with Gasteiger partial charge in [-0.1, -0.05) is 24.3 Å². The van der Waals surface area contributed by atoms with Crippen LogP contribution in [0.5, 0.6) is 11.5 Å². The Balaban J connectivity index is 1.67. The van der Waals surface area contributed by atoms with Crippen LogP contribution in [-0.4, -0.2) is 22.2 Å². The number of phenolic OH excluding ortho intramolecular Hbond substituents is 1. The second-order valence-corrected chi connectivity index (χ2v) is 6.02. The van der Waals surface area contributed by atoms with Gasteiger partial charge >= 0.3 is 0 Å². The van der Waals surface area contributed by atoms with Crippen LogP contribution in [-0.2, 0) is 0 Å². The first-order valence-corrected chi connectivity index (χ1v) is 8.36. The SMILES string of the molecule is COc1c(-c2nc3ccccc3o2)ccc(-c2nc3ccccc3o2)c1O. The normalized spacial score (nSPS) is 11.3. The molecule has 0 aliphatic heterocycles. The van der Waals surface area contributed by atoms with Crippen molar-refractivity contribution < 1.29 is 18.7 Å². The minimum Gasteiger partial charge on any atom is -0.504 e. The molecule has 5 aromatic rings. The number of hydrogen-bond acceptors (Lipinski definition) is 6. The number of oxazole rings is 2. The highest BCUT2D eigenvalue weighted by atomic mass is 16.5. The highest BCUT2D eigenvalue weighted by Crippen LogP contribution is 2.44.